The van der Waals surface area contributed by atoms with Crippen LogP contribution in [-0.2, 0) is 11.3 Å². The molecule has 2 atom stereocenters. The highest BCUT2D eigenvalue weighted by Crippen LogP contribution is 2.09. The Morgan fingerprint density at radius 3 is 2.38 bits per heavy atom. The number of benzene rings is 2. The molecule has 0 fully saturated rings. The molecular weight excluding hydrogens is 309 g/mol. The Labute approximate surface area is 140 Å². The van der Waals surface area contributed by atoms with Gasteiger partial charge in [0.2, 0.25) is 5.91 Å². The second kappa shape index (κ2) is 7.70. The molecule has 0 aromatic heterocycles. The molecule has 5 nitrogen and oxygen atoms in total. The maximum atomic E-state index is 13.7. The highest BCUT2D eigenvalue weighted by atomic mass is 19.1. The molecule has 126 valence electrons. The molecular formula is C18H21FN3O2+. The summed E-state index contributed by atoms with van der Waals surface area (Å²) in [5.41, 5.74) is 6.71. The van der Waals surface area contributed by atoms with Crippen molar-refractivity contribution in [2.75, 3.05) is 12.4 Å². The number of amides is 2. The average Bonchev–Trinajstić information content (AvgIpc) is 2.56. The molecule has 6 heteroatoms. The number of rotatable bonds is 6. The number of nitrogens with two attached hydrogens (primary N) is 1. The Bertz CT molecular complexity index is 731. The molecule has 2 rings (SSSR count). The number of halogens is 1. The molecule has 0 spiro atoms. The second-order valence-electron chi connectivity index (χ2n) is 5.77. The smallest absolute Gasteiger partial charge is 0.282 e. The van der Waals surface area contributed by atoms with Gasteiger partial charge in [-0.1, -0.05) is 18.2 Å². The molecule has 24 heavy (non-hydrogen) atoms. The summed E-state index contributed by atoms with van der Waals surface area (Å²) >= 11 is 0. The molecule has 0 heterocycles. The van der Waals surface area contributed by atoms with Crippen LogP contribution < -0.4 is 16.0 Å². The van der Waals surface area contributed by atoms with E-state index >= 15 is 0 Å². The number of carbonyl (C=O) groups is 2. The standard InChI is InChI=1S/C18H20FN3O2/c1-12(22(2)11-14-5-3-4-6-16(14)19)18(24)21-15-9-7-13(8-10-15)17(20)23/h3-10,12H,11H2,1-2H3,(H2,20,23)(H,21,24)/p+1/t12-/m1/s1. The lowest BCUT2D eigenvalue weighted by Crippen LogP contribution is -3.12. The van der Waals surface area contributed by atoms with Crippen LogP contribution in [0.2, 0.25) is 0 Å². The Balaban J connectivity index is 1.98. The van der Waals surface area contributed by atoms with E-state index in [4.69, 9.17) is 5.73 Å². The lowest BCUT2D eigenvalue weighted by Gasteiger charge is -2.21. The third kappa shape index (κ3) is 4.39. The normalized spacial score (nSPS) is 13.1. The fourth-order valence-corrected chi connectivity index (χ4v) is 2.29. The van der Waals surface area contributed by atoms with Gasteiger partial charge in [0, 0.05) is 16.8 Å². The molecule has 2 aromatic carbocycles. The van der Waals surface area contributed by atoms with Crippen LogP contribution in [-0.4, -0.2) is 24.9 Å². The van der Waals surface area contributed by atoms with Gasteiger partial charge in [-0.2, -0.15) is 0 Å². The molecule has 2 aromatic rings. The number of hydrogen-bond donors (Lipinski definition) is 3. The zero-order valence-corrected chi connectivity index (χ0v) is 13.7. The van der Waals surface area contributed by atoms with Crippen LogP contribution in [0.25, 0.3) is 0 Å². The van der Waals surface area contributed by atoms with E-state index in [0.29, 0.717) is 23.4 Å². The van der Waals surface area contributed by atoms with E-state index in [1.165, 1.54) is 6.07 Å². The predicted octanol–water partition coefficient (Wildman–Crippen LogP) is 0.967. The summed E-state index contributed by atoms with van der Waals surface area (Å²) in [5.74, 6) is -0.975. The fraction of sp³-hybridized carbons (Fsp3) is 0.222. The van der Waals surface area contributed by atoms with Gasteiger partial charge in [0.05, 0.1) is 7.05 Å². The number of anilines is 1. The van der Waals surface area contributed by atoms with Crippen LogP contribution in [0.3, 0.4) is 0 Å². The number of hydrogen-bond acceptors (Lipinski definition) is 2. The zero-order valence-electron chi connectivity index (χ0n) is 13.7. The van der Waals surface area contributed by atoms with Crippen molar-refractivity contribution in [3.8, 4) is 0 Å². The van der Waals surface area contributed by atoms with Crippen molar-refractivity contribution in [2.24, 2.45) is 5.73 Å². The third-order valence-electron chi connectivity index (χ3n) is 4.00. The first kappa shape index (κ1) is 17.6. The minimum Gasteiger partial charge on any atom is -0.366 e. The van der Waals surface area contributed by atoms with Crippen molar-refractivity contribution in [2.45, 2.75) is 19.5 Å². The average molecular weight is 330 g/mol. The Morgan fingerprint density at radius 2 is 1.79 bits per heavy atom. The van der Waals surface area contributed by atoms with Gasteiger partial charge in [-0.25, -0.2) is 4.39 Å². The van der Waals surface area contributed by atoms with E-state index in [9.17, 15) is 14.0 Å². The van der Waals surface area contributed by atoms with Crippen molar-refractivity contribution in [1.29, 1.82) is 0 Å². The maximum Gasteiger partial charge on any atom is 0.282 e. The molecule has 1 unspecified atom stereocenters. The Kier molecular flexibility index (Phi) is 5.65. The van der Waals surface area contributed by atoms with Gasteiger partial charge in [-0.3, -0.25) is 9.59 Å². The first-order valence-electron chi connectivity index (χ1n) is 7.65. The molecule has 4 N–H and O–H groups in total. The largest absolute Gasteiger partial charge is 0.366 e. The Morgan fingerprint density at radius 1 is 1.17 bits per heavy atom. The van der Waals surface area contributed by atoms with Gasteiger partial charge in [-0.05, 0) is 37.3 Å². The molecule has 0 saturated carbocycles. The highest BCUT2D eigenvalue weighted by Gasteiger charge is 2.23. The molecule has 0 saturated heterocycles. The highest BCUT2D eigenvalue weighted by molar-refractivity contribution is 5.95. The van der Waals surface area contributed by atoms with E-state index < -0.39 is 5.91 Å². The number of nitrogens with one attached hydrogen (secondary N) is 2. The van der Waals surface area contributed by atoms with Crippen molar-refractivity contribution in [3.63, 3.8) is 0 Å². The van der Waals surface area contributed by atoms with Crippen LogP contribution in [0, 0.1) is 5.82 Å². The number of quaternary nitrogens is 1. The van der Waals surface area contributed by atoms with E-state index in [0.717, 1.165) is 4.90 Å². The Hall–Kier alpha value is -2.73. The maximum absolute atomic E-state index is 13.7. The molecule has 0 aliphatic carbocycles. The minimum absolute atomic E-state index is 0.185. The van der Waals surface area contributed by atoms with Crippen molar-refractivity contribution in [3.05, 3.63) is 65.5 Å². The van der Waals surface area contributed by atoms with Crippen LogP contribution in [0.4, 0.5) is 10.1 Å². The van der Waals surface area contributed by atoms with Crippen LogP contribution >= 0.6 is 0 Å². The minimum atomic E-state index is -0.518. The third-order valence-corrected chi connectivity index (χ3v) is 4.00. The van der Waals surface area contributed by atoms with Crippen molar-refractivity contribution < 1.29 is 18.9 Å². The van der Waals surface area contributed by atoms with Gasteiger partial charge < -0.3 is 16.0 Å². The second-order valence-corrected chi connectivity index (χ2v) is 5.77. The van der Waals surface area contributed by atoms with Crippen LogP contribution in [0.15, 0.2) is 48.5 Å². The summed E-state index contributed by atoms with van der Waals surface area (Å²) in [4.78, 5) is 24.2. The first-order valence-corrected chi connectivity index (χ1v) is 7.65. The number of carbonyl (C=O) groups excluding carboxylic acids is 2. The number of likely N-dealkylation sites (N-methyl/N-ethyl adjacent to an activating group) is 1. The van der Waals surface area contributed by atoms with Crippen LogP contribution in [0.5, 0.6) is 0 Å². The van der Waals surface area contributed by atoms with E-state index in [2.05, 4.69) is 5.32 Å². The predicted molar refractivity (Wildman–Crippen MR) is 90.0 cm³/mol. The van der Waals surface area contributed by atoms with Crippen molar-refractivity contribution >= 4 is 17.5 Å². The summed E-state index contributed by atoms with van der Waals surface area (Å²) in [6, 6.07) is 12.5. The monoisotopic (exact) mass is 330 g/mol. The molecule has 0 radical (unpaired) electrons. The molecule has 0 bridgehead atoms. The van der Waals surface area contributed by atoms with Gasteiger partial charge in [-0.15, -0.1) is 0 Å². The summed E-state index contributed by atoms with van der Waals surface area (Å²) in [7, 11) is 1.84. The van der Waals surface area contributed by atoms with E-state index in [-0.39, 0.29) is 17.8 Å². The van der Waals surface area contributed by atoms with Gasteiger partial charge in [0.25, 0.3) is 5.91 Å². The summed E-state index contributed by atoms with van der Waals surface area (Å²) in [6.45, 7) is 2.19. The van der Waals surface area contributed by atoms with Gasteiger partial charge >= 0.3 is 0 Å². The van der Waals surface area contributed by atoms with Gasteiger partial charge in [0.1, 0.15) is 12.4 Å². The zero-order chi connectivity index (χ0) is 17.7. The molecule has 0 aliphatic heterocycles. The summed E-state index contributed by atoms with van der Waals surface area (Å²) in [5, 5.41) is 2.78. The first-order chi connectivity index (χ1) is 11.4. The van der Waals surface area contributed by atoms with E-state index in [1.54, 1.807) is 49.4 Å². The van der Waals surface area contributed by atoms with Gasteiger partial charge in [0.15, 0.2) is 6.04 Å². The fourth-order valence-electron chi connectivity index (χ4n) is 2.29. The van der Waals surface area contributed by atoms with Crippen molar-refractivity contribution in [1.82, 2.24) is 0 Å². The van der Waals surface area contributed by atoms with Crippen LogP contribution in [0.1, 0.15) is 22.8 Å². The lowest BCUT2D eigenvalue weighted by molar-refractivity contribution is -0.908. The molecule has 0 aliphatic rings. The SMILES string of the molecule is C[C@H](C(=O)Nc1ccc(C(N)=O)cc1)[NH+](C)Cc1ccccc1F. The summed E-state index contributed by atoms with van der Waals surface area (Å²) in [6.07, 6.45) is 0. The quantitative estimate of drug-likeness (QED) is 0.738. The van der Waals surface area contributed by atoms with E-state index in [1.807, 2.05) is 7.05 Å². The summed E-state index contributed by atoms with van der Waals surface area (Å²) < 4.78 is 13.7. The molecule has 2 amide bonds. The lowest BCUT2D eigenvalue weighted by atomic mass is 10.1. The topological polar surface area (TPSA) is 76.6 Å². The number of primary amides is 1.